The molecule has 1 saturated heterocycles. The summed E-state index contributed by atoms with van der Waals surface area (Å²) in [5.41, 5.74) is 7.44. The van der Waals surface area contributed by atoms with E-state index in [-0.39, 0.29) is 36.6 Å². The molecule has 0 saturated carbocycles. The van der Waals surface area contributed by atoms with Crippen LogP contribution in [0.5, 0.6) is 5.75 Å². The van der Waals surface area contributed by atoms with Crippen molar-refractivity contribution in [3.63, 3.8) is 0 Å². The number of carbonyl (C=O) groups excluding carboxylic acids is 2. The van der Waals surface area contributed by atoms with E-state index < -0.39 is 0 Å². The third-order valence-corrected chi connectivity index (χ3v) is 5.01. The molecule has 3 rings (SSSR count). The minimum atomic E-state index is -0.362. The highest BCUT2D eigenvalue weighted by molar-refractivity contribution is 6.01. The number of nitrogens with zero attached hydrogens (tertiary/aromatic N) is 2. The molecule has 1 unspecified atom stereocenters. The predicted molar refractivity (Wildman–Crippen MR) is 116 cm³/mol. The number of hydrogen-bond acceptors (Lipinski definition) is 4. The fourth-order valence-electron chi connectivity index (χ4n) is 3.57. The van der Waals surface area contributed by atoms with Crippen molar-refractivity contribution < 1.29 is 14.3 Å². The fourth-order valence-corrected chi connectivity index (χ4v) is 3.57. The highest BCUT2D eigenvalue weighted by atomic mass is 35.5. The molecule has 0 aromatic heterocycles. The van der Waals surface area contributed by atoms with Crippen molar-refractivity contribution in [2.75, 3.05) is 31.6 Å². The van der Waals surface area contributed by atoms with Crippen LogP contribution in [0, 0.1) is 5.92 Å². The first kappa shape index (κ1) is 22.7. The number of methoxy groups -OCH3 is 1. The summed E-state index contributed by atoms with van der Waals surface area (Å²) in [6, 6.07) is 17.3. The van der Waals surface area contributed by atoms with Gasteiger partial charge in [-0.05, 0) is 30.7 Å². The van der Waals surface area contributed by atoms with Gasteiger partial charge in [0.2, 0.25) is 11.8 Å². The zero-order valence-corrected chi connectivity index (χ0v) is 17.4. The topological polar surface area (TPSA) is 75.9 Å². The Hall–Kier alpha value is -2.57. The highest BCUT2D eigenvalue weighted by Gasteiger charge is 2.38. The van der Waals surface area contributed by atoms with Crippen LogP contribution in [-0.2, 0) is 16.1 Å². The van der Waals surface area contributed by atoms with Crippen molar-refractivity contribution in [1.82, 2.24) is 4.90 Å². The van der Waals surface area contributed by atoms with E-state index in [9.17, 15) is 9.59 Å². The zero-order chi connectivity index (χ0) is 19.9. The van der Waals surface area contributed by atoms with E-state index in [4.69, 9.17) is 10.5 Å². The summed E-state index contributed by atoms with van der Waals surface area (Å²) in [5, 5.41) is 0. The van der Waals surface area contributed by atoms with Crippen molar-refractivity contribution in [3.8, 4) is 5.75 Å². The number of hydrogen-bond donors (Lipinski definition) is 1. The maximum Gasteiger partial charge on any atom is 0.228 e. The summed E-state index contributed by atoms with van der Waals surface area (Å²) in [4.78, 5) is 29.3. The number of carbonyl (C=O) groups is 2. The third-order valence-electron chi connectivity index (χ3n) is 5.01. The van der Waals surface area contributed by atoms with Crippen molar-refractivity contribution >= 4 is 29.9 Å². The number of nitrogens with two attached hydrogens (primary N) is 1. The number of anilines is 1. The highest BCUT2D eigenvalue weighted by Crippen LogP contribution is 2.33. The molecule has 2 aromatic rings. The van der Waals surface area contributed by atoms with Gasteiger partial charge in [-0.3, -0.25) is 9.59 Å². The molecule has 0 spiro atoms. The molecule has 1 atom stereocenters. The van der Waals surface area contributed by atoms with Crippen molar-refractivity contribution in [2.45, 2.75) is 19.4 Å². The van der Waals surface area contributed by atoms with Gasteiger partial charge in [0.1, 0.15) is 5.75 Å². The third kappa shape index (κ3) is 5.49. The molecule has 0 radical (unpaired) electrons. The van der Waals surface area contributed by atoms with Crippen molar-refractivity contribution in [3.05, 3.63) is 60.2 Å². The van der Waals surface area contributed by atoms with Crippen LogP contribution in [0.15, 0.2) is 54.6 Å². The molecule has 29 heavy (non-hydrogen) atoms. The van der Waals surface area contributed by atoms with Crippen LogP contribution in [0.3, 0.4) is 0 Å². The molecule has 1 aliphatic rings. The van der Waals surface area contributed by atoms with Gasteiger partial charge in [-0.2, -0.15) is 0 Å². The van der Waals surface area contributed by atoms with E-state index in [2.05, 4.69) is 0 Å². The zero-order valence-electron chi connectivity index (χ0n) is 16.6. The van der Waals surface area contributed by atoms with E-state index in [1.165, 1.54) is 0 Å². The molecular weight excluding hydrogens is 390 g/mol. The molecule has 0 bridgehead atoms. The van der Waals surface area contributed by atoms with Crippen LogP contribution in [0.2, 0.25) is 0 Å². The lowest BCUT2D eigenvalue weighted by Gasteiger charge is -2.26. The maximum atomic E-state index is 13.2. The molecule has 2 aromatic carbocycles. The van der Waals surface area contributed by atoms with E-state index in [0.717, 1.165) is 12.0 Å². The standard InChI is InChI=1S/C22H27N3O3.ClH/c1-28-20-11-6-5-10-19(20)25-16-18(14-21(25)26)22(27)24(13-7-12-23)15-17-8-3-2-4-9-17;/h2-6,8-11,18H,7,12-16,23H2,1H3;1H. The average Bonchev–Trinajstić information content (AvgIpc) is 3.12. The quantitative estimate of drug-likeness (QED) is 0.716. The van der Waals surface area contributed by atoms with Gasteiger partial charge in [-0.1, -0.05) is 42.5 Å². The largest absolute Gasteiger partial charge is 0.495 e. The van der Waals surface area contributed by atoms with Gasteiger partial charge in [-0.15, -0.1) is 12.4 Å². The van der Waals surface area contributed by atoms with Crippen LogP contribution in [0.4, 0.5) is 5.69 Å². The fraction of sp³-hybridized carbons (Fsp3) is 0.364. The van der Waals surface area contributed by atoms with Gasteiger partial charge < -0.3 is 20.3 Å². The van der Waals surface area contributed by atoms with Gasteiger partial charge in [-0.25, -0.2) is 0 Å². The second-order valence-corrected chi connectivity index (χ2v) is 6.96. The SMILES string of the molecule is COc1ccccc1N1CC(C(=O)N(CCCN)Cc2ccccc2)CC1=O.Cl. The number of para-hydroxylation sites is 2. The first-order valence-electron chi connectivity index (χ1n) is 9.60. The Labute approximate surface area is 178 Å². The molecule has 6 nitrogen and oxygen atoms in total. The number of rotatable bonds is 8. The Kier molecular flexibility index (Phi) is 8.49. The first-order chi connectivity index (χ1) is 13.6. The van der Waals surface area contributed by atoms with Gasteiger partial charge in [0.15, 0.2) is 0 Å². The Bertz CT molecular complexity index is 816. The first-order valence-corrected chi connectivity index (χ1v) is 9.60. The summed E-state index contributed by atoms with van der Waals surface area (Å²) in [6.07, 6.45) is 0.945. The maximum absolute atomic E-state index is 13.2. The normalized spacial score (nSPS) is 15.7. The van der Waals surface area contributed by atoms with Crippen LogP contribution >= 0.6 is 12.4 Å². The van der Waals surface area contributed by atoms with Crippen LogP contribution < -0.4 is 15.4 Å². The number of amides is 2. The van der Waals surface area contributed by atoms with Crippen LogP contribution in [0.1, 0.15) is 18.4 Å². The van der Waals surface area contributed by atoms with Crippen molar-refractivity contribution in [1.29, 1.82) is 0 Å². The van der Waals surface area contributed by atoms with Gasteiger partial charge in [0.05, 0.1) is 18.7 Å². The minimum Gasteiger partial charge on any atom is -0.495 e. The second-order valence-electron chi connectivity index (χ2n) is 6.96. The molecule has 156 valence electrons. The lowest BCUT2D eigenvalue weighted by atomic mass is 10.1. The van der Waals surface area contributed by atoms with E-state index in [0.29, 0.717) is 37.6 Å². The molecule has 1 fully saturated rings. The Morgan fingerprint density at radius 1 is 1.17 bits per heavy atom. The van der Waals surface area contributed by atoms with Crippen LogP contribution in [-0.4, -0.2) is 43.5 Å². The Morgan fingerprint density at radius 2 is 1.86 bits per heavy atom. The summed E-state index contributed by atoms with van der Waals surface area (Å²) < 4.78 is 5.38. The molecular formula is C22H28ClN3O3. The number of halogens is 1. The second kappa shape index (κ2) is 10.8. The van der Waals surface area contributed by atoms with Gasteiger partial charge in [0.25, 0.3) is 0 Å². The summed E-state index contributed by atoms with van der Waals surface area (Å²) in [6.45, 7) is 2.00. The average molecular weight is 418 g/mol. The lowest BCUT2D eigenvalue weighted by molar-refractivity contribution is -0.136. The number of benzene rings is 2. The summed E-state index contributed by atoms with van der Waals surface area (Å²) in [7, 11) is 1.58. The van der Waals surface area contributed by atoms with E-state index in [1.807, 2.05) is 59.5 Å². The lowest BCUT2D eigenvalue weighted by Crippen LogP contribution is -2.38. The van der Waals surface area contributed by atoms with E-state index >= 15 is 0 Å². The molecule has 0 aliphatic carbocycles. The van der Waals surface area contributed by atoms with Crippen LogP contribution in [0.25, 0.3) is 0 Å². The molecule has 7 heteroatoms. The smallest absolute Gasteiger partial charge is 0.228 e. The monoisotopic (exact) mass is 417 g/mol. The number of ether oxygens (including phenoxy) is 1. The Balaban J connectivity index is 0.00000300. The summed E-state index contributed by atoms with van der Waals surface area (Å²) in [5.74, 6) is 0.219. The molecule has 1 heterocycles. The summed E-state index contributed by atoms with van der Waals surface area (Å²) >= 11 is 0. The molecule has 1 aliphatic heterocycles. The van der Waals surface area contributed by atoms with Crippen molar-refractivity contribution in [2.24, 2.45) is 11.7 Å². The predicted octanol–water partition coefficient (Wildman–Crippen LogP) is 2.85. The minimum absolute atomic E-state index is 0. The molecule has 2 N–H and O–H groups in total. The molecule has 2 amide bonds. The van der Waals surface area contributed by atoms with Gasteiger partial charge in [0, 0.05) is 26.1 Å². The van der Waals surface area contributed by atoms with Gasteiger partial charge >= 0.3 is 0 Å². The Morgan fingerprint density at radius 3 is 2.55 bits per heavy atom. The van der Waals surface area contributed by atoms with E-state index in [1.54, 1.807) is 12.0 Å².